The van der Waals surface area contributed by atoms with Crippen LogP contribution in [-0.4, -0.2) is 113 Å². The summed E-state index contributed by atoms with van der Waals surface area (Å²) in [5.41, 5.74) is 0.609. The molecule has 0 fully saturated rings. The Bertz CT molecular complexity index is 991. The monoisotopic (exact) mass is 654 g/mol. The average Bonchev–Trinajstić information content (AvgIpc) is 2.94. The second-order valence-corrected chi connectivity index (χ2v) is 12.4. The minimum Gasteiger partial charge on any atom is -0.459 e. The van der Waals surface area contributed by atoms with Crippen LogP contribution in [0.2, 0.25) is 0 Å². The molecule has 1 aliphatic rings. The predicted molar refractivity (Wildman–Crippen MR) is 175 cm³/mol. The van der Waals surface area contributed by atoms with Crippen LogP contribution >= 0.6 is 0 Å². The summed E-state index contributed by atoms with van der Waals surface area (Å²) in [4.78, 5) is 13.1. The number of rotatable bonds is 5. The molecule has 0 spiro atoms. The first-order chi connectivity index (χ1) is 21.7. The molecule has 0 unspecified atom stereocenters. The molecule has 0 saturated carbocycles. The van der Waals surface area contributed by atoms with Gasteiger partial charge in [0, 0.05) is 12.8 Å². The molecule has 11 atom stereocenters. The van der Waals surface area contributed by atoms with E-state index in [9.17, 15) is 50.8 Å². The van der Waals surface area contributed by atoms with Gasteiger partial charge < -0.3 is 50.7 Å². The molecule has 11 heteroatoms. The van der Waals surface area contributed by atoms with Crippen molar-refractivity contribution in [2.24, 2.45) is 5.92 Å². The van der Waals surface area contributed by atoms with Gasteiger partial charge in [0.05, 0.1) is 48.8 Å². The topological polar surface area (TPSA) is 208 Å². The Balaban J connectivity index is 3.14. The Morgan fingerprint density at radius 2 is 1.20 bits per heavy atom. The molecule has 0 aromatic heterocycles. The number of carbonyl (C=O) groups excluding carboxylic acids is 1. The van der Waals surface area contributed by atoms with Crippen LogP contribution < -0.4 is 0 Å². The highest BCUT2D eigenvalue weighted by atomic mass is 16.6. The van der Waals surface area contributed by atoms with E-state index in [2.05, 4.69) is 0 Å². The van der Waals surface area contributed by atoms with Gasteiger partial charge in [0.25, 0.3) is 0 Å². The predicted octanol–water partition coefficient (Wildman–Crippen LogP) is 1.89. The summed E-state index contributed by atoms with van der Waals surface area (Å²) >= 11 is 0. The van der Waals surface area contributed by atoms with Crippen LogP contribution in [0.5, 0.6) is 0 Å². The number of aliphatic hydroxyl groups excluding tert-OH is 9. The van der Waals surface area contributed by atoms with Gasteiger partial charge in [-0.1, -0.05) is 80.9 Å². The van der Waals surface area contributed by atoms with Crippen LogP contribution in [0.3, 0.4) is 0 Å². The van der Waals surface area contributed by atoms with Crippen molar-refractivity contribution >= 4 is 5.97 Å². The molecule has 0 aliphatic carbocycles. The number of allylic oxidation sites excluding steroid dienone is 8. The minimum absolute atomic E-state index is 0.0162. The summed E-state index contributed by atoms with van der Waals surface area (Å²) in [6.45, 7) is 5.18. The molecule has 1 rings (SSSR count). The fourth-order valence-electron chi connectivity index (χ4n) is 5.27. The maximum Gasteiger partial charge on any atom is 0.314 e. The second-order valence-electron chi connectivity index (χ2n) is 12.4. The number of aliphatic hydroxyl groups is 9. The zero-order valence-corrected chi connectivity index (χ0v) is 27.5. The standard InChI is InChI=1S/C35H58O11/c1-4-5-11-16-31(42)34-33(44)22-29(40)20-27(38)18-25(36)17-26(37)19-28(39)21-32(43)23(2)14-12-9-7-6-8-10-13-15-30(41)24(3)46-35(34)45/h6-10,12-15,24-34,36-44H,4-5,11,16-22H2,1-3H3/b7-6-,10-8-,12-9+,15-13-,23-14-/t24-,25+,26-,27+,28-,29+,30-,31-,32-,33+,34+/m0/s1. The first kappa shape index (κ1) is 41.8. The third-order valence-corrected chi connectivity index (χ3v) is 8.03. The molecule has 0 aromatic carbocycles. The lowest BCUT2D eigenvalue weighted by Gasteiger charge is -2.29. The van der Waals surface area contributed by atoms with Crippen LogP contribution in [0.4, 0.5) is 0 Å². The lowest BCUT2D eigenvalue weighted by atomic mass is 9.87. The molecule has 1 heterocycles. The highest BCUT2D eigenvalue weighted by Gasteiger charge is 2.37. The second kappa shape index (κ2) is 23.2. The molecular weight excluding hydrogens is 596 g/mol. The summed E-state index contributed by atoms with van der Waals surface area (Å²) in [6.07, 6.45) is 4.69. The Kier molecular flexibility index (Phi) is 21.1. The number of esters is 1. The summed E-state index contributed by atoms with van der Waals surface area (Å²) in [5, 5.41) is 94.8. The van der Waals surface area contributed by atoms with E-state index in [1.54, 1.807) is 55.5 Å². The van der Waals surface area contributed by atoms with Gasteiger partial charge in [-0.2, -0.15) is 0 Å². The molecule has 11 nitrogen and oxygen atoms in total. The Morgan fingerprint density at radius 3 is 1.74 bits per heavy atom. The fourth-order valence-corrected chi connectivity index (χ4v) is 5.27. The van der Waals surface area contributed by atoms with E-state index in [1.165, 1.54) is 13.0 Å². The van der Waals surface area contributed by atoms with E-state index in [-0.39, 0.29) is 44.9 Å². The Morgan fingerprint density at radius 1 is 0.717 bits per heavy atom. The van der Waals surface area contributed by atoms with Gasteiger partial charge in [-0.25, -0.2) is 0 Å². The van der Waals surface area contributed by atoms with Crippen molar-refractivity contribution in [1.82, 2.24) is 0 Å². The molecule has 0 radical (unpaired) electrons. The highest BCUT2D eigenvalue weighted by Crippen LogP contribution is 2.24. The number of unbranched alkanes of at least 4 members (excludes halogenated alkanes) is 2. The zero-order chi connectivity index (χ0) is 34.6. The number of hydrogen-bond acceptors (Lipinski definition) is 11. The van der Waals surface area contributed by atoms with Crippen molar-refractivity contribution in [3.05, 3.63) is 60.3 Å². The lowest BCUT2D eigenvalue weighted by Crippen LogP contribution is -2.43. The van der Waals surface area contributed by atoms with Gasteiger partial charge in [0.15, 0.2) is 0 Å². The summed E-state index contributed by atoms with van der Waals surface area (Å²) in [5.74, 6) is -2.33. The molecule has 0 aromatic rings. The van der Waals surface area contributed by atoms with E-state index >= 15 is 0 Å². The van der Waals surface area contributed by atoms with Crippen LogP contribution in [0.25, 0.3) is 0 Å². The van der Waals surface area contributed by atoms with Gasteiger partial charge in [0.1, 0.15) is 18.1 Å². The molecule has 0 amide bonds. The van der Waals surface area contributed by atoms with Gasteiger partial charge in [-0.05, 0) is 51.5 Å². The van der Waals surface area contributed by atoms with E-state index in [1.807, 2.05) is 6.92 Å². The molecule has 1 aliphatic heterocycles. The van der Waals surface area contributed by atoms with Crippen molar-refractivity contribution in [3.8, 4) is 0 Å². The fraction of sp³-hybridized carbons (Fsp3) is 0.686. The maximum absolute atomic E-state index is 13.1. The lowest BCUT2D eigenvalue weighted by molar-refractivity contribution is -0.168. The molecule has 0 bridgehead atoms. The van der Waals surface area contributed by atoms with Crippen LogP contribution in [0.1, 0.15) is 85.0 Å². The first-order valence-electron chi connectivity index (χ1n) is 16.4. The number of carbonyl (C=O) groups is 1. The van der Waals surface area contributed by atoms with Gasteiger partial charge in [0.2, 0.25) is 0 Å². The van der Waals surface area contributed by atoms with Crippen LogP contribution in [0.15, 0.2) is 60.3 Å². The molecule has 9 N–H and O–H groups in total. The molecule has 0 saturated heterocycles. The SMILES string of the molecule is CCCCC[C@H](O)[C@H]1C(=O)O[C@@H](C)[C@@H](O)\C=C/C=C\C=C/C=C/C=C(/C)[C@@H](O)C[C@@H](O)C[C@@H](O)C[C@@H](O)C[C@@H](O)C[C@@H](O)C[C@H]1O. The van der Waals surface area contributed by atoms with Crippen molar-refractivity contribution in [2.45, 2.75) is 146 Å². The zero-order valence-electron chi connectivity index (χ0n) is 27.5. The van der Waals surface area contributed by atoms with Crippen molar-refractivity contribution < 1.29 is 55.5 Å². The normalized spacial score (nSPS) is 38.6. The molecule has 264 valence electrons. The van der Waals surface area contributed by atoms with E-state index < -0.39 is 72.9 Å². The van der Waals surface area contributed by atoms with Crippen molar-refractivity contribution in [1.29, 1.82) is 0 Å². The Labute approximate surface area is 273 Å². The van der Waals surface area contributed by atoms with Crippen LogP contribution in [-0.2, 0) is 9.53 Å². The summed E-state index contributed by atoms with van der Waals surface area (Å²) < 4.78 is 5.42. The van der Waals surface area contributed by atoms with E-state index in [0.717, 1.165) is 12.8 Å². The average molecular weight is 655 g/mol. The quantitative estimate of drug-likeness (QED) is 0.154. The van der Waals surface area contributed by atoms with Crippen molar-refractivity contribution in [3.63, 3.8) is 0 Å². The number of hydrogen-bond donors (Lipinski definition) is 9. The highest BCUT2D eigenvalue weighted by molar-refractivity contribution is 5.74. The first-order valence-corrected chi connectivity index (χ1v) is 16.4. The summed E-state index contributed by atoms with van der Waals surface area (Å²) in [6, 6.07) is 0. The largest absolute Gasteiger partial charge is 0.459 e. The van der Waals surface area contributed by atoms with Crippen molar-refractivity contribution in [2.75, 3.05) is 0 Å². The third-order valence-electron chi connectivity index (χ3n) is 8.03. The van der Waals surface area contributed by atoms with Gasteiger partial charge in [-0.3, -0.25) is 4.79 Å². The van der Waals surface area contributed by atoms with Gasteiger partial charge >= 0.3 is 5.97 Å². The minimum atomic E-state index is -1.52. The Hall–Kier alpha value is -2.19. The number of cyclic esters (lactones) is 1. The van der Waals surface area contributed by atoms with E-state index in [0.29, 0.717) is 12.0 Å². The smallest absolute Gasteiger partial charge is 0.314 e. The molecular formula is C35H58O11. The maximum atomic E-state index is 13.1. The van der Waals surface area contributed by atoms with E-state index in [4.69, 9.17) is 4.74 Å². The van der Waals surface area contributed by atoms with Gasteiger partial charge in [-0.15, -0.1) is 0 Å². The summed E-state index contributed by atoms with van der Waals surface area (Å²) in [7, 11) is 0. The number of ether oxygens (including phenoxy) is 1. The van der Waals surface area contributed by atoms with Crippen LogP contribution in [0, 0.1) is 5.92 Å². The molecule has 46 heavy (non-hydrogen) atoms. The third kappa shape index (κ3) is 17.7.